The maximum absolute atomic E-state index is 12.2. The first-order valence-electron chi connectivity index (χ1n) is 6.90. The summed E-state index contributed by atoms with van der Waals surface area (Å²) in [6.45, 7) is 0.544. The summed E-state index contributed by atoms with van der Waals surface area (Å²) in [5.41, 5.74) is 2.42. The van der Waals surface area contributed by atoms with Gasteiger partial charge >= 0.3 is 0 Å². The summed E-state index contributed by atoms with van der Waals surface area (Å²) in [4.78, 5) is 22.4. The highest BCUT2D eigenvalue weighted by molar-refractivity contribution is 5.94. The zero-order valence-electron chi connectivity index (χ0n) is 11.7. The van der Waals surface area contributed by atoms with E-state index < -0.39 is 11.2 Å². The van der Waals surface area contributed by atoms with Gasteiger partial charge in [-0.1, -0.05) is 24.3 Å². The molecule has 6 heteroatoms. The number of nitro benzene ring substituents is 1. The third-order valence-electron chi connectivity index (χ3n) is 3.60. The lowest BCUT2D eigenvalue weighted by Gasteiger charge is -2.26. The molecule has 0 bridgehead atoms. The number of non-ortho nitro benzene ring substituents is 1. The maximum atomic E-state index is 12.2. The molecule has 3 rings (SSSR count). The number of fused-ring (bicyclic) bond motifs is 1. The summed E-state index contributed by atoms with van der Waals surface area (Å²) in [7, 11) is 0. The van der Waals surface area contributed by atoms with Crippen molar-refractivity contribution in [1.29, 1.82) is 0 Å². The Balaban J connectivity index is 1.76. The Bertz CT molecular complexity index is 712. The third-order valence-corrected chi connectivity index (χ3v) is 3.60. The molecule has 0 unspecified atom stereocenters. The van der Waals surface area contributed by atoms with Gasteiger partial charge in [-0.05, 0) is 24.1 Å². The monoisotopic (exact) mass is 298 g/mol. The largest absolute Gasteiger partial charge is 0.354 e. The highest BCUT2D eigenvalue weighted by atomic mass is 16.6. The number of hydrogen-bond donors (Lipinski definition) is 1. The van der Waals surface area contributed by atoms with Gasteiger partial charge in [0.2, 0.25) is 0 Å². The molecule has 6 nitrogen and oxygen atoms in total. The Morgan fingerprint density at radius 1 is 1.18 bits per heavy atom. The second-order valence-electron chi connectivity index (χ2n) is 4.98. The van der Waals surface area contributed by atoms with Gasteiger partial charge in [0.15, 0.2) is 6.23 Å². The van der Waals surface area contributed by atoms with Crippen LogP contribution in [0.2, 0.25) is 0 Å². The molecule has 1 atom stereocenters. The molecule has 0 saturated heterocycles. The Morgan fingerprint density at radius 2 is 1.91 bits per heavy atom. The molecule has 1 aliphatic heterocycles. The number of nitrogens with one attached hydrogen (secondary N) is 1. The van der Waals surface area contributed by atoms with Crippen LogP contribution >= 0.6 is 0 Å². The van der Waals surface area contributed by atoms with Crippen LogP contribution in [-0.2, 0) is 11.2 Å². The van der Waals surface area contributed by atoms with Crippen LogP contribution in [0.4, 0.5) is 5.69 Å². The summed E-state index contributed by atoms with van der Waals surface area (Å²) in [6.07, 6.45) is 0.327. The summed E-state index contributed by atoms with van der Waals surface area (Å²) >= 11 is 0. The summed E-state index contributed by atoms with van der Waals surface area (Å²) in [6, 6.07) is 13.3. The minimum Gasteiger partial charge on any atom is -0.354 e. The van der Waals surface area contributed by atoms with Crippen LogP contribution in [0.25, 0.3) is 0 Å². The maximum Gasteiger partial charge on any atom is 0.269 e. The van der Waals surface area contributed by atoms with Crippen LogP contribution in [0, 0.1) is 10.1 Å². The number of carbonyl (C=O) groups is 1. The number of carbonyl (C=O) groups excluding carboxylic acids is 1. The Hall–Kier alpha value is -2.73. The molecule has 0 aliphatic carbocycles. The van der Waals surface area contributed by atoms with E-state index in [2.05, 4.69) is 5.32 Å². The number of amides is 1. The molecule has 112 valence electrons. The van der Waals surface area contributed by atoms with Gasteiger partial charge in [0.25, 0.3) is 11.6 Å². The number of rotatable bonds is 3. The number of benzene rings is 2. The van der Waals surface area contributed by atoms with Crippen molar-refractivity contribution in [2.75, 3.05) is 6.61 Å². The molecular weight excluding hydrogens is 284 g/mol. The van der Waals surface area contributed by atoms with Crippen LogP contribution in [0.3, 0.4) is 0 Å². The quantitative estimate of drug-likeness (QED) is 0.697. The van der Waals surface area contributed by atoms with Crippen molar-refractivity contribution in [3.05, 3.63) is 75.3 Å². The summed E-state index contributed by atoms with van der Waals surface area (Å²) in [5.74, 6) is -0.323. The second kappa shape index (κ2) is 5.95. The van der Waals surface area contributed by atoms with E-state index in [0.29, 0.717) is 12.2 Å². The molecule has 0 radical (unpaired) electrons. The number of hydrogen-bond acceptors (Lipinski definition) is 4. The van der Waals surface area contributed by atoms with E-state index in [4.69, 9.17) is 4.74 Å². The minimum atomic E-state index is -0.498. The fraction of sp³-hybridized carbons (Fsp3) is 0.188. The fourth-order valence-electron chi connectivity index (χ4n) is 2.45. The van der Waals surface area contributed by atoms with Gasteiger partial charge in [0.05, 0.1) is 11.5 Å². The first kappa shape index (κ1) is 14.2. The van der Waals surface area contributed by atoms with Gasteiger partial charge in [-0.15, -0.1) is 0 Å². The standard InChI is InChI=1S/C16H14N2O4/c19-15(12-5-7-13(8-6-12)18(20)21)17-16-14-4-2-1-3-11(14)9-10-22-16/h1-8,16H,9-10H2,(H,17,19)/t16-/m1/s1. The number of nitrogens with zero attached hydrogens (tertiary/aromatic N) is 1. The van der Waals surface area contributed by atoms with Crippen molar-refractivity contribution in [3.63, 3.8) is 0 Å². The van der Waals surface area contributed by atoms with E-state index >= 15 is 0 Å². The summed E-state index contributed by atoms with van der Waals surface area (Å²) in [5, 5.41) is 13.4. The van der Waals surface area contributed by atoms with E-state index in [9.17, 15) is 14.9 Å². The zero-order valence-corrected chi connectivity index (χ0v) is 11.7. The molecule has 0 fully saturated rings. The smallest absolute Gasteiger partial charge is 0.269 e. The molecule has 1 N–H and O–H groups in total. The molecule has 2 aromatic rings. The van der Waals surface area contributed by atoms with Crippen LogP contribution in [0.15, 0.2) is 48.5 Å². The molecule has 0 spiro atoms. The second-order valence-corrected chi connectivity index (χ2v) is 4.98. The van der Waals surface area contributed by atoms with E-state index in [1.807, 2.05) is 24.3 Å². The van der Waals surface area contributed by atoms with E-state index in [1.54, 1.807) is 0 Å². The van der Waals surface area contributed by atoms with Crippen LogP contribution in [0.1, 0.15) is 27.7 Å². The van der Waals surface area contributed by atoms with E-state index in [0.717, 1.165) is 17.5 Å². The predicted molar refractivity (Wildman–Crippen MR) is 79.4 cm³/mol. The fourth-order valence-corrected chi connectivity index (χ4v) is 2.45. The van der Waals surface area contributed by atoms with Crippen molar-refractivity contribution in [2.24, 2.45) is 0 Å². The SMILES string of the molecule is O=C(N[C@@H]1OCCc2ccccc21)c1ccc([N+](=O)[O-])cc1. The highest BCUT2D eigenvalue weighted by Crippen LogP contribution is 2.25. The lowest BCUT2D eigenvalue weighted by Crippen LogP contribution is -2.33. The normalized spacial score (nSPS) is 16.6. The molecule has 1 heterocycles. The molecule has 0 saturated carbocycles. The van der Waals surface area contributed by atoms with E-state index in [1.165, 1.54) is 24.3 Å². The first-order valence-corrected chi connectivity index (χ1v) is 6.90. The van der Waals surface area contributed by atoms with Crippen molar-refractivity contribution < 1.29 is 14.5 Å². The summed E-state index contributed by atoms with van der Waals surface area (Å²) < 4.78 is 5.62. The Labute approximate surface area is 126 Å². The Kier molecular flexibility index (Phi) is 3.84. The van der Waals surface area contributed by atoms with Crippen molar-refractivity contribution in [1.82, 2.24) is 5.32 Å². The zero-order chi connectivity index (χ0) is 15.5. The van der Waals surface area contributed by atoms with Gasteiger partial charge in [0, 0.05) is 23.3 Å². The molecule has 22 heavy (non-hydrogen) atoms. The van der Waals surface area contributed by atoms with Gasteiger partial charge in [0.1, 0.15) is 0 Å². The van der Waals surface area contributed by atoms with Gasteiger partial charge < -0.3 is 10.1 Å². The van der Waals surface area contributed by atoms with Gasteiger partial charge in [-0.25, -0.2) is 0 Å². The van der Waals surface area contributed by atoms with Crippen LogP contribution in [-0.4, -0.2) is 17.4 Å². The lowest BCUT2D eigenvalue weighted by molar-refractivity contribution is -0.384. The number of nitro groups is 1. The van der Waals surface area contributed by atoms with E-state index in [-0.39, 0.29) is 11.6 Å². The first-order chi connectivity index (χ1) is 10.6. The topological polar surface area (TPSA) is 81.5 Å². The molecule has 2 aromatic carbocycles. The Morgan fingerprint density at radius 3 is 2.64 bits per heavy atom. The lowest BCUT2D eigenvalue weighted by atomic mass is 10.0. The minimum absolute atomic E-state index is 0.0455. The third kappa shape index (κ3) is 2.82. The van der Waals surface area contributed by atoms with Crippen molar-refractivity contribution in [3.8, 4) is 0 Å². The van der Waals surface area contributed by atoms with Crippen molar-refractivity contribution >= 4 is 11.6 Å². The molecular formula is C16H14N2O4. The number of ether oxygens (including phenoxy) is 1. The van der Waals surface area contributed by atoms with Crippen molar-refractivity contribution in [2.45, 2.75) is 12.6 Å². The van der Waals surface area contributed by atoms with Crippen LogP contribution in [0.5, 0.6) is 0 Å². The predicted octanol–water partition coefficient (Wildman–Crippen LogP) is 2.60. The molecule has 0 aromatic heterocycles. The highest BCUT2D eigenvalue weighted by Gasteiger charge is 2.22. The molecule has 1 amide bonds. The molecule has 1 aliphatic rings. The van der Waals surface area contributed by atoms with Gasteiger partial charge in [-0.2, -0.15) is 0 Å². The average molecular weight is 298 g/mol. The average Bonchev–Trinajstić information content (AvgIpc) is 2.55. The van der Waals surface area contributed by atoms with Gasteiger partial charge in [-0.3, -0.25) is 14.9 Å². The van der Waals surface area contributed by atoms with Crippen LogP contribution < -0.4 is 5.32 Å².